The van der Waals surface area contributed by atoms with Crippen LogP contribution in [0.3, 0.4) is 0 Å². The molecule has 1 aliphatic rings. The fraction of sp³-hybridized carbons (Fsp3) is 0.100. The molecule has 1 N–H and O–H groups in total. The first kappa shape index (κ1) is 14.0. The second kappa shape index (κ2) is 5.63. The number of imidazole rings is 1. The van der Waals surface area contributed by atoms with Crippen LogP contribution in [0.15, 0.2) is 67.0 Å². The molecular weight excluding hydrogens is 312 g/mol. The van der Waals surface area contributed by atoms with Crippen LogP contribution in [0, 0.1) is 0 Å². The number of hydrogen-bond donors (Lipinski definition) is 1. The molecule has 4 aromatic rings. The van der Waals surface area contributed by atoms with E-state index < -0.39 is 0 Å². The molecule has 0 bridgehead atoms. The summed E-state index contributed by atoms with van der Waals surface area (Å²) in [5, 5.41) is 4.77. The van der Waals surface area contributed by atoms with E-state index in [2.05, 4.69) is 40.3 Å². The van der Waals surface area contributed by atoms with Crippen molar-refractivity contribution in [1.29, 1.82) is 0 Å². The first-order chi connectivity index (χ1) is 12.4. The Labute approximate surface area is 144 Å². The van der Waals surface area contributed by atoms with Gasteiger partial charge in [0, 0.05) is 29.1 Å². The number of hydrogen-bond acceptors (Lipinski definition) is 3. The highest BCUT2D eigenvalue weighted by atomic mass is 16.5. The lowest BCUT2D eigenvalue weighted by molar-refractivity contribution is 0.302. The molecule has 0 saturated heterocycles. The summed E-state index contributed by atoms with van der Waals surface area (Å²) in [7, 11) is 0. The van der Waals surface area contributed by atoms with Crippen molar-refractivity contribution in [3.05, 3.63) is 78.2 Å². The number of rotatable bonds is 2. The van der Waals surface area contributed by atoms with Gasteiger partial charge in [-0.25, -0.2) is 4.98 Å². The largest absolute Gasteiger partial charge is 0.487 e. The van der Waals surface area contributed by atoms with Crippen molar-refractivity contribution in [3.63, 3.8) is 0 Å². The Morgan fingerprint density at radius 2 is 1.92 bits per heavy atom. The molecule has 5 nitrogen and oxygen atoms in total. The van der Waals surface area contributed by atoms with Crippen LogP contribution in [0.2, 0.25) is 0 Å². The van der Waals surface area contributed by atoms with E-state index in [0.29, 0.717) is 13.2 Å². The number of benzene rings is 2. The van der Waals surface area contributed by atoms with Gasteiger partial charge >= 0.3 is 0 Å². The maximum absolute atomic E-state index is 6.06. The van der Waals surface area contributed by atoms with Crippen LogP contribution in [0.1, 0.15) is 11.3 Å². The minimum Gasteiger partial charge on any atom is -0.487 e. The van der Waals surface area contributed by atoms with Gasteiger partial charge in [-0.2, -0.15) is 5.10 Å². The Kier molecular flexibility index (Phi) is 3.16. The summed E-state index contributed by atoms with van der Waals surface area (Å²) in [5.41, 5.74) is 5.32. The minimum absolute atomic E-state index is 0.508. The van der Waals surface area contributed by atoms with Gasteiger partial charge in [0.1, 0.15) is 18.2 Å². The van der Waals surface area contributed by atoms with Crippen molar-refractivity contribution in [2.24, 2.45) is 0 Å². The third-order valence-electron chi connectivity index (χ3n) is 4.47. The number of nitrogens with zero attached hydrogens (tertiary/aromatic N) is 3. The van der Waals surface area contributed by atoms with Gasteiger partial charge in [0.05, 0.1) is 17.9 Å². The van der Waals surface area contributed by atoms with Crippen LogP contribution >= 0.6 is 0 Å². The molecule has 5 rings (SSSR count). The molecule has 0 unspecified atom stereocenters. The first-order valence-electron chi connectivity index (χ1n) is 8.24. The van der Waals surface area contributed by atoms with E-state index in [1.54, 1.807) is 6.20 Å². The van der Waals surface area contributed by atoms with Gasteiger partial charge in [-0.3, -0.25) is 4.68 Å². The van der Waals surface area contributed by atoms with E-state index >= 15 is 0 Å². The summed E-state index contributed by atoms with van der Waals surface area (Å²) in [6, 6.07) is 18.5. The molecule has 0 aliphatic carbocycles. The van der Waals surface area contributed by atoms with Crippen LogP contribution in [0.5, 0.6) is 5.75 Å². The second-order valence-electron chi connectivity index (χ2n) is 6.09. The molecule has 0 saturated carbocycles. The summed E-state index contributed by atoms with van der Waals surface area (Å²) in [6.07, 6.45) is 3.57. The van der Waals surface area contributed by atoms with Gasteiger partial charge in [0.25, 0.3) is 0 Å². The SMILES string of the molecule is c1ccc(-c2cc3n(n2)Cc2ccc(-c4ncc[nH]4)cc2OC3)cc1. The van der Waals surface area contributed by atoms with E-state index in [-0.39, 0.29) is 0 Å². The van der Waals surface area contributed by atoms with Crippen LogP contribution in [0.25, 0.3) is 22.6 Å². The van der Waals surface area contributed by atoms with E-state index in [1.807, 2.05) is 35.1 Å². The maximum atomic E-state index is 6.06. The molecule has 0 radical (unpaired) electrons. The van der Waals surface area contributed by atoms with Gasteiger partial charge in [-0.05, 0) is 12.1 Å². The highest BCUT2D eigenvalue weighted by Gasteiger charge is 2.18. The Hall–Kier alpha value is -3.34. The van der Waals surface area contributed by atoms with Crippen molar-refractivity contribution in [3.8, 4) is 28.4 Å². The average molecular weight is 328 g/mol. The number of fused-ring (bicyclic) bond motifs is 2. The minimum atomic E-state index is 0.508. The van der Waals surface area contributed by atoms with Crippen molar-refractivity contribution in [2.45, 2.75) is 13.2 Å². The molecule has 2 aromatic carbocycles. The fourth-order valence-electron chi connectivity index (χ4n) is 3.16. The standard InChI is InChI=1S/C20H16N4O/c1-2-4-14(5-3-1)18-11-17-13-25-19-10-15(20-21-8-9-22-20)6-7-16(19)12-24(17)23-18/h1-11H,12-13H2,(H,21,22). The monoisotopic (exact) mass is 328 g/mol. The van der Waals surface area contributed by atoms with Gasteiger partial charge in [-0.1, -0.05) is 42.5 Å². The first-order valence-corrected chi connectivity index (χ1v) is 8.24. The summed E-state index contributed by atoms with van der Waals surface area (Å²) in [4.78, 5) is 7.43. The number of aromatic amines is 1. The van der Waals surface area contributed by atoms with Crippen LogP contribution in [-0.2, 0) is 13.2 Å². The van der Waals surface area contributed by atoms with Gasteiger partial charge in [-0.15, -0.1) is 0 Å². The summed E-state index contributed by atoms with van der Waals surface area (Å²) < 4.78 is 8.09. The molecule has 1 aliphatic heterocycles. The summed E-state index contributed by atoms with van der Waals surface area (Å²) >= 11 is 0. The van der Waals surface area contributed by atoms with Crippen molar-refractivity contribution >= 4 is 0 Å². The lowest BCUT2D eigenvalue weighted by Gasteiger charge is -2.08. The third-order valence-corrected chi connectivity index (χ3v) is 4.47. The molecule has 5 heteroatoms. The number of ether oxygens (including phenoxy) is 1. The molecule has 3 heterocycles. The lowest BCUT2D eigenvalue weighted by Crippen LogP contribution is -2.03. The van der Waals surface area contributed by atoms with E-state index in [4.69, 9.17) is 9.84 Å². The number of nitrogens with one attached hydrogen (secondary N) is 1. The second-order valence-corrected chi connectivity index (χ2v) is 6.09. The maximum Gasteiger partial charge on any atom is 0.137 e. The molecule has 122 valence electrons. The zero-order valence-corrected chi connectivity index (χ0v) is 13.5. The number of H-pyrrole nitrogens is 1. The molecule has 0 atom stereocenters. The third kappa shape index (κ3) is 2.50. The molecule has 2 aromatic heterocycles. The Balaban J connectivity index is 1.50. The topological polar surface area (TPSA) is 55.7 Å². The van der Waals surface area contributed by atoms with Gasteiger partial charge in [0.15, 0.2) is 0 Å². The zero-order chi connectivity index (χ0) is 16.6. The Bertz CT molecular complexity index is 1020. The fourth-order valence-corrected chi connectivity index (χ4v) is 3.16. The van der Waals surface area contributed by atoms with E-state index in [1.165, 1.54) is 0 Å². The van der Waals surface area contributed by atoms with Gasteiger partial charge in [0.2, 0.25) is 0 Å². The zero-order valence-electron chi connectivity index (χ0n) is 13.5. The Morgan fingerprint density at radius 3 is 2.76 bits per heavy atom. The molecule has 0 spiro atoms. The van der Waals surface area contributed by atoms with Crippen molar-refractivity contribution in [2.75, 3.05) is 0 Å². The van der Waals surface area contributed by atoms with Crippen molar-refractivity contribution < 1.29 is 4.74 Å². The summed E-state index contributed by atoms with van der Waals surface area (Å²) in [6.45, 7) is 1.21. The van der Waals surface area contributed by atoms with Gasteiger partial charge < -0.3 is 9.72 Å². The predicted octanol–water partition coefficient (Wildman–Crippen LogP) is 3.88. The number of aromatic nitrogens is 4. The average Bonchev–Trinajstić information content (AvgIpc) is 3.29. The Morgan fingerprint density at radius 1 is 1.00 bits per heavy atom. The van der Waals surface area contributed by atoms with Crippen LogP contribution < -0.4 is 4.74 Å². The lowest BCUT2D eigenvalue weighted by atomic mass is 10.1. The highest BCUT2D eigenvalue weighted by molar-refractivity contribution is 5.61. The van der Waals surface area contributed by atoms with E-state index in [0.717, 1.165) is 39.7 Å². The molecule has 0 amide bonds. The van der Waals surface area contributed by atoms with Crippen molar-refractivity contribution in [1.82, 2.24) is 19.7 Å². The smallest absolute Gasteiger partial charge is 0.137 e. The van der Waals surface area contributed by atoms with E-state index in [9.17, 15) is 0 Å². The molecular formula is C20H16N4O. The highest BCUT2D eigenvalue weighted by Crippen LogP contribution is 2.30. The van der Waals surface area contributed by atoms with Crippen LogP contribution in [-0.4, -0.2) is 19.7 Å². The normalized spacial score (nSPS) is 12.8. The molecule has 25 heavy (non-hydrogen) atoms. The quantitative estimate of drug-likeness (QED) is 0.607. The predicted molar refractivity (Wildman–Crippen MR) is 95.1 cm³/mol. The van der Waals surface area contributed by atoms with Crippen LogP contribution in [0.4, 0.5) is 0 Å². The summed E-state index contributed by atoms with van der Waals surface area (Å²) in [5.74, 6) is 1.74. The molecule has 0 fully saturated rings.